The predicted molar refractivity (Wildman–Crippen MR) is 107 cm³/mol. The summed E-state index contributed by atoms with van der Waals surface area (Å²) in [6.07, 6.45) is 4.38. The number of benzene rings is 2. The van der Waals surface area contributed by atoms with Gasteiger partial charge < -0.3 is 16.0 Å². The van der Waals surface area contributed by atoms with E-state index in [1.807, 2.05) is 0 Å². The summed E-state index contributed by atoms with van der Waals surface area (Å²) in [7, 11) is 0. The minimum absolute atomic E-state index is 0.235. The predicted octanol–water partition coefficient (Wildman–Crippen LogP) is 3.68. The van der Waals surface area contributed by atoms with Crippen molar-refractivity contribution < 1.29 is 4.79 Å². The number of nitrogens with one attached hydrogen (secondary N) is 3. The van der Waals surface area contributed by atoms with Gasteiger partial charge in [0.1, 0.15) is 0 Å². The van der Waals surface area contributed by atoms with Gasteiger partial charge in [-0.25, -0.2) is 4.79 Å². The fourth-order valence-electron chi connectivity index (χ4n) is 3.65. The zero-order valence-corrected chi connectivity index (χ0v) is 15.4. The van der Waals surface area contributed by atoms with Crippen molar-refractivity contribution in [3.8, 4) is 6.07 Å². The number of anilines is 1. The number of hydrogen-bond acceptors (Lipinski definition) is 3. The van der Waals surface area contributed by atoms with Gasteiger partial charge in [-0.3, -0.25) is 0 Å². The molecule has 1 saturated heterocycles. The molecule has 27 heavy (non-hydrogen) atoms. The lowest BCUT2D eigenvalue weighted by Gasteiger charge is -2.30. The maximum atomic E-state index is 12.0. The summed E-state index contributed by atoms with van der Waals surface area (Å²) in [5, 5.41) is 18.2. The summed E-state index contributed by atoms with van der Waals surface area (Å²) >= 11 is 0. The van der Waals surface area contributed by atoms with E-state index in [0.717, 1.165) is 25.8 Å². The first-order valence-corrected chi connectivity index (χ1v) is 9.55. The number of carbonyl (C=O) groups excluding carboxylic acids is 1. The lowest BCUT2D eigenvalue weighted by molar-refractivity contribution is 0.249. The minimum Gasteiger partial charge on any atom is -0.338 e. The molecule has 2 aromatic carbocycles. The molecule has 0 bridgehead atoms. The molecular formula is C22H26N4O. The average Bonchev–Trinajstić information content (AvgIpc) is 2.69. The molecule has 0 spiro atoms. The van der Waals surface area contributed by atoms with E-state index in [4.69, 9.17) is 5.26 Å². The van der Waals surface area contributed by atoms with Crippen LogP contribution in [0.3, 0.4) is 0 Å². The Morgan fingerprint density at radius 2 is 2.04 bits per heavy atom. The molecule has 0 aliphatic carbocycles. The number of nitrogens with zero attached hydrogens (tertiary/aromatic N) is 1. The molecule has 5 heteroatoms. The number of urea groups is 1. The SMILES string of the molecule is N#Cc1cccc(NC(=O)NCC[C@@H]2C[C@@H](Cc3ccccc3)CCN2)c1. The molecule has 140 valence electrons. The number of hydrogen-bond donors (Lipinski definition) is 3. The van der Waals surface area contributed by atoms with Crippen LogP contribution in [0, 0.1) is 17.2 Å². The van der Waals surface area contributed by atoms with Gasteiger partial charge in [0, 0.05) is 18.3 Å². The van der Waals surface area contributed by atoms with Crippen molar-refractivity contribution in [2.24, 2.45) is 5.92 Å². The lowest BCUT2D eigenvalue weighted by atomic mass is 9.86. The zero-order chi connectivity index (χ0) is 18.9. The van der Waals surface area contributed by atoms with Crippen molar-refractivity contribution in [3.63, 3.8) is 0 Å². The molecule has 3 rings (SSSR count). The molecule has 2 amide bonds. The highest BCUT2D eigenvalue weighted by Crippen LogP contribution is 2.22. The van der Waals surface area contributed by atoms with Gasteiger partial charge >= 0.3 is 6.03 Å². The van der Waals surface area contributed by atoms with Gasteiger partial charge in [0.2, 0.25) is 0 Å². The third kappa shape index (κ3) is 6.12. The highest BCUT2D eigenvalue weighted by atomic mass is 16.2. The van der Waals surface area contributed by atoms with Crippen molar-refractivity contribution in [3.05, 3.63) is 65.7 Å². The summed E-state index contributed by atoms with van der Waals surface area (Å²) in [5.74, 6) is 0.696. The van der Waals surface area contributed by atoms with Crippen molar-refractivity contribution in [1.29, 1.82) is 5.26 Å². The number of amides is 2. The normalized spacial score (nSPS) is 19.1. The number of rotatable bonds is 6. The Morgan fingerprint density at radius 1 is 1.19 bits per heavy atom. The van der Waals surface area contributed by atoms with Crippen LogP contribution in [0.5, 0.6) is 0 Å². The van der Waals surface area contributed by atoms with Crippen LogP contribution < -0.4 is 16.0 Å². The second kappa shape index (κ2) is 9.75. The van der Waals surface area contributed by atoms with E-state index < -0.39 is 0 Å². The first kappa shape index (κ1) is 18.9. The van der Waals surface area contributed by atoms with Gasteiger partial charge in [0.15, 0.2) is 0 Å². The Balaban J connectivity index is 1.39. The lowest BCUT2D eigenvalue weighted by Crippen LogP contribution is -2.41. The Hall–Kier alpha value is -2.84. The van der Waals surface area contributed by atoms with E-state index in [1.165, 1.54) is 12.0 Å². The van der Waals surface area contributed by atoms with Crippen LogP contribution in [-0.2, 0) is 6.42 Å². The topological polar surface area (TPSA) is 77.0 Å². The van der Waals surface area contributed by atoms with Gasteiger partial charge in [-0.2, -0.15) is 5.26 Å². The molecule has 1 heterocycles. The van der Waals surface area contributed by atoms with Crippen molar-refractivity contribution in [1.82, 2.24) is 10.6 Å². The van der Waals surface area contributed by atoms with E-state index in [1.54, 1.807) is 24.3 Å². The second-order valence-electron chi connectivity index (χ2n) is 7.09. The molecule has 2 atom stereocenters. The van der Waals surface area contributed by atoms with E-state index >= 15 is 0 Å². The van der Waals surface area contributed by atoms with Crippen LogP contribution in [0.15, 0.2) is 54.6 Å². The molecular weight excluding hydrogens is 336 g/mol. The smallest absolute Gasteiger partial charge is 0.319 e. The first-order valence-electron chi connectivity index (χ1n) is 9.55. The van der Waals surface area contributed by atoms with Gasteiger partial charge in [0.05, 0.1) is 11.6 Å². The summed E-state index contributed by atoms with van der Waals surface area (Å²) in [4.78, 5) is 12.0. The van der Waals surface area contributed by atoms with Crippen LogP contribution in [0.1, 0.15) is 30.4 Å². The third-order valence-corrected chi connectivity index (χ3v) is 5.00. The Labute approximate surface area is 160 Å². The fourth-order valence-corrected chi connectivity index (χ4v) is 3.65. The summed E-state index contributed by atoms with van der Waals surface area (Å²) in [5.41, 5.74) is 2.56. The Bertz CT molecular complexity index is 784. The maximum absolute atomic E-state index is 12.0. The molecule has 0 radical (unpaired) electrons. The molecule has 5 nitrogen and oxygen atoms in total. The average molecular weight is 362 g/mol. The van der Waals surface area contributed by atoms with Gasteiger partial charge in [-0.05, 0) is 61.9 Å². The summed E-state index contributed by atoms with van der Waals surface area (Å²) in [6, 6.07) is 19.8. The monoisotopic (exact) mass is 362 g/mol. The largest absolute Gasteiger partial charge is 0.338 e. The quantitative estimate of drug-likeness (QED) is 0.734. The second-order valence-corrected chi connectivity index (χ2v) is 7.09. The van der Waals surface area contributed by atoms with Crippen molar-refractivity contribution in [2.45, 2.75) is 31.7 Å². The van der Waals surface area contributed by atoms with Crippen LogP contribution in [0.4, 0.5) is 10.5 Å². The van der Waals surface area contributed by atoms with Crippen LogP contribution in [-0.4, -0.2) is 25.2 Å². The molecule has 1 aliphatic heterocycles. The van der Waals surface area contributed by atoms with E-state index in [0.29, 0.717) is 29.8 Å². The zero-order valence-electron chi connectivity index (χ0n) is 15.4. The van der Waals surface area contributed by atoms with Crippen LogP contribution in [0.2, 0.25) is 0 Å². The number of nitriles is 1. The molecule has 1 aliphatic rings. The summed E-state index contributed by atoms with van der Waals surface area (Å²) in [6.45, 7) is 1.66. The third-order valence-electron chi connectivity index (χ3n) is 5.00. The van der Waals surface area contributed by atoms with Gasteiger partial charge in [-0.15, -0.1) is 0 Å². The molecule has 3 N–H and O–H groups in total. The van der Waals surface area contributed by atoms with Gasteiger partial charge in [-0.1, -0.05) is 36.4 Å². The number of piperidine rings is 1. The molecule has 1 fully saturated rings. The fraction of sp³-hybridized carbons (Fsp3) is 0.364. The minimum atomic E-state index is -0.235. The van der Waals surface area contributed by atoms with Crippen molar-refractivity contribution in [2.75, 3.05) is 18.4 Å². The molecule has 0 unspecified atom stereocenters. The molecule has 0 saturated carbocycles. The Kier molecular flexibility index (Phi) is 6.84. The van der Waals surface area contributed by atoms with Gasteiger partial charge in [0.25, 0.3) is 0 Å². The van der Waals surface area contributed by atoms with Crippen molar-refractivity contribution >= 4 is 11.7 Å². The molecule has 0 aromatic heterocycles. The summed E-state index contributed by atoms with van der Waals surface area (Å²) < 4.78 is 0. The Morgan fingerprint density at radius 3 is 2.85 bits per heavy atom. The van der Waals surface area contributed by atoms with Crippen LogP contribution in [0.25, 0.3) is 0 Å². The number of carbonyl (C=O) groups is 1. The first-order chi connectivity index (χ1) is 13.2. The highest BCUT2D eigenvalue weighted by Gasteiger charge is 2.21. The maximum Gasteiger partial charge on any atom is 0.319 e. The standard InChI is InChI=1S/C22H26N4O/c23-16-19-7-4-8-21(15-19)26-22(27)25-12-10-20-14-18(9-11-24-20)13-17-5-2-1-3-6-17/h1-8,15,18,20,24H,9-14H2,(H2,25,26,27)/t18-,20-/m1/s1. The van der Waals surface area contributed by atoms with E-state index in [9.17, 15) is 4.79 Å². The van der Waals surface area contributed by atoms with E-state index in [-0.39, 0.29) is 6.03 Å². The molecule has 2 aromatic rings. The van der Waals surface area contributed by atoms with E-state index in [2.05, 4.69) is 52.4 Å². The highest BCUT2D eigenvalue weighted by molar-refractivity contribution is 5.89. The van der Waals surface area contributed by atoms with Crippen LogP contribution >= 0.6 is 0 Å².